The van der Waals surface area contributed by atoms with Crippen LogP contribution in [0.1, 0.15) is 20.3 Å². The van der Waals surface area contributed by atoms with E-state index in [-0.39, 0.29) is 18.0 Å². The lowest BCUT2D eigenvalue weighted by Gasteiger charge is -2.29. The lowest BCUT2D eigenvalue weighted by Crippen LogP contribution is -2.47. The van der Waals surface area contributed by atoms with E-state index in [1.807, 2.05) is 4.90 Å². The van der Waals surface area contributed by atoms with Gasteiger partial charge in [-0.1, -0.05) is 0 Å². The standard InChI is InChI=1S/C10H21N3O/c1-7(11)10(14)13-6-5-9(8(13)2)12(3)4/h7-9H,5-6,11H2,1-4H3. The molecule has 1 saturated heterocycles. The number of hydrogen-bond acceptors (Lipinski definition) is 3. The summed E-state index contributed by atoms with van der Waals surface area (Å²) < 4.78 is 0. The zero-order valence-electron chi connectivity index (χ0n) is 9.53. The van der Waals surface area contributed by atoms with Crippen LogP contribution in [0.2, 0.25) is 0 Å². The maximum absolute atomic E-state index is 11.7. The van der Waals surface area contributed by atoms with Crippen molar-refractivity contribution in [3.8, 4) is 0 Å². The maximum atomic E-state index is 11.7. The number of hydrogen-bond donors (Lipinski definition) is 1. The second-order valence-electron chi connectivity index (χ2n) is 4.38. The van der Waals surface area contributed by atoms with Crippen molar-refractivity contribution in [2.45, 2.75) is 38.4 Å². The minimum atomic E-state index is -0.377. The van der Waals surface area contributed by atoms with E-state index in [1.54, 1.807) is 6.92 Å². The van der Waals surface area contributed by atoms with Gasteiger partial charge in [0.25, 0.3) is 0 Å². The molecule has 1 aliphatic rings. The highest BCUT2D eigenvalue weighted by Crippen LogP contribution is 2.21. The van der Waals surface area contributed by atoms with Gasteiger partial charge in [0.2, 0.25) is 5.91 Å². The largest absolute Gasteiger partial charge is 0.337 e. The summed E-state index contributed by atoms with van der Waals surface area (Å²) >= 11 is 0. The van der Waals surface area contributed by atoms with Crippen LogP contribution in [-0.2, 0) is 4.79 Å². The van der Waals surface area contributed by atoms with E-state index in [0.717, 1.165) is 13.0 Å². The fourth-order valence-corrected chi connectivity index (χ4v) is 2.19. The Bertz CT molecular complexity index is 215. The lowest BCUT2D eigenvalue weighted by atomic mass is 10.1. The van der Waals surface area contributed by atoms with Crippen LogP contribution < -0.4 is 5.73 Å². The van der Waals surface area contributed by atoms with Crippen LogP contribution in [0.5, 0.6) is 0 Å². The van der Waals surface area contributed by atoms with Crippen LogP contribution in [0.25, 0.3) is 0 Å². The molecular weight excluding hydrogens is 178 g/mol. The third-order valence-corrected chi connectivity index (χ3v) is 3.05. The predicted octanol–water partition coefficient (Wildman–Crippen LogP) is -0.115. The van der Waals surface area contributed by atoms with E-state index in [4.69, 9.17) is 5.73 Å². The quantitative estimate of drug-likeness (QED) is 0.675. The van der Waals surface area contributed by atoms with Gasteiger partial charge in [-0.3, -0.25) is 4.79 Å². The Hall–Kier alpha value is -0.610. The maximum Gasteiger partial charge on any atom is 0.239 e. The molecule has 3 atom stereocenters. The van der Waals surface area contributed by atoms with Crippen molar-refractivity contribution in [2.75, 3.05) is 20.6 Å². The van der Waals surface area contributed by atoms with Crippen molar-refractivity contribution in [1.29, 1.82) is 0 Å². The van der Waals surface area contributed by atoms with E-state index in [0.29, 0.717) is 6.04 Å². The molecular formula is C10H21N3O. The minimum Gasteiger partial charge on any atom is -0.337 e. The van der Waals surface area contributed by atoms with Gasteiger partial charge in [-0.05, 0) is 34.4 Å². The third kappa shape index (κ3) is 2.07. The number of amides is 1. The van der Waals surface area contributed by atoms with Gasteiger partial charge < -0.3 is 15.5 Å². The smallest absolute Gasteiger partial charge is 0.239 e. The van der Waals surface area contributed by atoms with Gasteiger partial charge in [0.05, 0.1) is 6.04 Å². The first kappa shape index (κ1) is 11.5. The molecule has 0 saturated carbocycles. The topological polar surface area (TPSA) is 49.6 Å². The van der Waals surface area contributed by atoms with Crippen molar-refractivity contribution >= 4 is 5.91 Å². The zero-order chi connectivity index (χ0) is 10.9. The highest BCUT2D eigenvalue weighted by atomic mass is 16.2. The van der Waals surface area contributed by atoms with E-state index in [9.17, 15) is 4.79 Å². The van der Waals surface area contributed by atoms with Gasteiger partial charge in [0.1, 0.15) is 0 Å². The summed E-state index contributed by atoms with van der Waals surface area (Å²) in [4.78, 5) is 15.8. The Kier molecular flexibility index (Phi) is 3.50. The van der Waals surface area contributed by atoms with Gasteiger partial charge in [-0.25, -0.2) is 0 Å². The van der Waals surface area contributed by atoms with Crippen LogP contribution in [0.3, 0.4) is 0 Å². The highest BCUT2D eigenvalue weighted by molar-refractivity contribution is 5.81. The predicted molar refractivity (Wildman–Crippen MR) is 56.9 cm³/mol. The average molecular weight is 199 g/mol. The first-order valence-electron chi connectivity index (χ1n) is 5.17. The summed E-state index contributed by atoms with van der Waals surface area (Å²) in [6.07, 6.45) is 1.05. The molecule has 0 aromatic heterocycles. The molecule has 1 fully saturated rings. The summed E-state index contributed by atoms with van der Waals surface area (Å²) in [5.41, 5.74) is 5.59. The summed E-state index contributed by atoms with van der Waals surface area (Å²) in [5, 5.41) is 0. The van der Waals surface area contributed by atoms with Gasteiger partial charge in [-0.2, -0.15) is 0 Å². The molecule has 3 unspecified atom stereocenters. The van der Waals surface area contributed by atoms with Crippen LogP contribution in [-0.4, -0.2) is 54.5 Å². The van der Waals surface area contributed by atoms with Gasteiger partial charge in [-0.15, -0.1) is 0 Å². The van der Waals surface area contributed by atoms with E-state index in [2.05, 4.69) is 25.9 Å². The molecule has 1 aliphatic heterocycles. The van der Waals surface area contributed by atoms with Crippen molar-refractivity contribution in [2.24, 2.45) is 5.73 Å². The van der Waals surface area contributed by atoms with E-state index in [1.165, 1.54) is 0 Å². The third-order valence-electron chi connectivity index (χ3n) is 3.05. The minimum absolute atomic E-state index is 0.0712. The number of rotatable bonds is 2. The average Bonchev–Trinajstić information content (AvgIpc) is 2.45. The summed E-state index contributed by atoms with van der Waals surface area (Å²) in [7, 11) is 4.11. The molecule has 0 aromatic rings. The first-order valence-corrected chi connectivity index (χ1v) is 5.17. The Balaban J connectivity index is 2.64. The van der Waals surface area contributed by atoms with Gasteiger partial charge >= 0.3 is 0 Å². The van der Waals surface area contributed by atoms with Crippen molar-refractivity contribution in [3.05, 3.63) is 0 Å². The molecule has 0 bridgehead atoms. The number of carbonyl (C=O) groups is 1. The Morgan fingerprint density at radius 3 is 2.50 bits per heavy atom. The monoisotopic (exact) mass is 199 g/mol. The van der Waals surface area contributed by atoms with Crippen molar-refractivity contribution in [3.63, 3.8) is 0 Å². The Morgan fingerprint density at radius 2 is 2.14 bits per heavy atom. The summed E-state index contributed by atoms with van der Waals surface area (Å²) in [6.45, 7) is 4.68. The molecule has 14 heavy (non-hydrogen) atoms. The molecule has 1 heterocycles. The van der Waals surface area contributed by atoms with Crippen LogP contribution in [0, 0.1) is 0 Å². The van der Waals surface area contributed by atoms with E-state index < -0.39 is 0 Å². The Labute approximate surface area is 86.0 Å². The second-order valence-corrected chi connectivity index (χ2v) is 4.38. The lowest BCUT2D eigenvalue weighted by molar-refractivity contribution is -0.133. The Morgan fingerprint density at radius 1 is 1.57 bits per heavy atom. The number of nitrogens with zero attached hydrogens (tertiary/aromatic N) is 2. The molecule has 4 heteroatoms. The second kappa shape index (κ2) is 4.28. The van der Waals surface area contributed by atoms with Crippen LogP contribution in [0.15, 0.2) is 0 Å². The van der Waals surface area contributed by atoms with Crippen LogP contribution >= 0.6 is 0 Å². The van der Waals surface area contributed by atoms with Gasteiger partial charge in [0, 0.05) is 18.6 Å². The number of likely N-dealkylation sites (tertiary alicyclic amines) is 1. The molecule has 1 amide bonds. The van der Waals surface area contributed by atoms with Gasteiger partial charge in [0.15, 0.2) is 0 Å². The molecule has 82 valence electrons. The van der Waals surface area contributed by atoms with E-state index >= 15 is 0 Å². The molecule has 0 spiro atoms. The summed E-state index contributed by atoms with van der Waals surface area (Å²) in [6, 6.07) is 0.375. The first-order chi connectivity index (χ1) is 6.45. The van der Waals surface area contributed by atoms with Crippen molar-refractivity contribution in [1.82, 2.24) is 9.80 Å². The SMILES string of the molecule is CC(N)C(=O)N1CCC(N(C)C)C1C. The number of nitrogens with two attached hydrogens (primary N) is 1. The molecule has 1 rings (SSSR count). The van der Waals surface area contributed by atoms with Crippen molar-refractivity contribution < 1.29 is 4.79 Å². The number of likely N-dealkylation sites (N-methyl/N-ethyl adjacent to an activating group) is 1. The molecule has 4 nitrogen and oxygen atoms in total. The fourth-order valence-electron chi connectivity index (χ4n) is 2.19. The molecule has 0 aliphatic carbocycles. The molecule has 0 radical (unpaired) electrons. The number of carbonyl (C=O) groups excluding carboxylic acids is 1. The highest BCUT2D eigenvalue weighted by Gasteiger charge is 2.35. The molecule has 2 N–H and O–H groups in total. The molecule has 0 aromatic carbocycles. The zero-order valence-corrected chi connectivity index (χ0v) is 9.53. The normalized spacial score (nSPS) is 29.7. The van der Waals surface area contributed by atoms with Crippen LogP contribution in [0.4, 0.5) is 0 Å². The summed E-state index contributed by atoms with van der Waals surface area (Å²) in [5.74, 6) is 0.0712. The fraction of sp³-hybridized carbons (Fsp3) is 0.900.